The van der Waals surface area contributed by atoms with E-state index in [4.69, 9.17) is 9.84 Å². The lowest BCUT2D eigenvalue weighted by atomic mass is 10.1. The minimum Gasteiger partial charge on any atom is -0.477 e. The van der Waals surface area contributed by atoms with Gasteiger partial charge in [-0.25, -0.2) is 9.78 Å². The fraction of sp³-hybridized carbons (Fsp3) is 0.0769. The number of halogens is 3. The van der Waals surface area contributed by atoms with Gasteiger partial charge in [-0.15, -0.1) is 0 Å². The van der Waals surface area contributed by atoms with Crippen LogP contribution in [0.3, 0.4) is 0 Å². The van der Waals surface area contributed by atoms with Crippen LogP contribution >= 0.6 is 0 Å². The van der Waals surface area contributed by atoms with Crippen molar-refractivity contribution in [3.05, 3.63) is 57.9 Å². The van der Waals surface area contributed by atoms with Crippen molar-refractivity contribution < 1.29 is 32.7 Å². The van der Waals surface area contributed by atoms with Crippen molar-refractivity contribution in [1.29, 1.82) is 0 Å². The highest BCUT2D eigenvalue weighted by atomic mass is 19.4. The average molecular weight is 328 g/mol. The molecule has 0 spiro atoms. The SMILES string of the molecule is O=C(O)c1cc(Oc2cccnc2C(F)(F)F)ccc1[N+](=O)[O-]. The third-order valence-corrected chi connectivity index (χ3v) is 2.66. The molecular weight excluding hydrogens is 321 g/mol. The van der Waals surface area contributed by atoms with E-state index in [9.17, 15) is 28.1 Å². The molecule has 1 heterocycles. The average Bonchev–Trinajstić information content (AvgIpc) is 2.46. The van der Waals surface area contributed by atoms with Gasteiger partial charge in [0.15, 0.2) is 11.4 Å². The Bertz CT molecular complexity index is 776. The predicted molar refractivity (Wildman–Crippen MR) is 69.4 cm³/mol. The highest BCUT2D eigenvalue weighted by Crippen LogP contribution is 2.37. The highest BCUT2D eigenvalue weighted by Gasteiger charge is 2.36. The number of carboxylic acid groups (broad SMARTS) is 1. The first-order chi connectivity index (χ1) is 10.7. The van der Waals surface area contributed by atoms with Crippen LogP contribution in [0.5, 0.6) is 11.5 Å². The van der Waals surface area contributed by atoms with E-state index in [1.54, 1.807) is 0 Å². The molecule has 1 aromatic heterocycles. The molecule has 1 aromatic carbocycles. The minimum absolute atomic E-state index is 0.300. The van der Waals surface area contributed by atoms with Crippen LogP contribution in [-0.2, 0) is 6.18 Å². The maximum Gasteiger partial charge on any atom is 0.437 e. The first-order valence-electron chi connectivity index (χ1n) is 5.92. The first kappa shape index (κ1) is 16.2. The van der Waals surface area contributed by atoms with Crippen molar-refractivity contribution in [2.24, 2.45) is 0 Å². The van der Waals surface area contributed by atoms with Crippen LogP contribution in [0.2, 0.25) is 0 Å². The molecule has 1 N–H and O–H groups in total. The summed E-state index contributed by atoms with van der Waals surface area (Å²) in [5.74, 6) is -2.55. The maximum atomic E-state index is 12.8. The summed E-state index contributed by atoms with van der Waals surface area (Å²) in [6.07, 6.45) is -3.85. The smallest absolute Gasteiger partial charge is 0.437 e. The number of nitro benzene ring substituents is 1. The zero-order valence-corrected chi connectivity index (χ0v) is 11.1. The van der Waals surface area contributed by atoms with Gasteiger partial charge in [0.2, 0.25) is 0 Å². The van der Waals surface area contributed by atoms with Gasteiger partial charge in [0.1, 0.15) is 11.3 Å². The Morgan fingerprint density at radius 1 is 1.30 bits per heavy atom. The molecule has 0 saturated heterocycles. The van der Waals surface area contributed by atoms with Gasteiger partial charge in [0.25, 0.3) is 5.69 Å². The zero-order chi connectivity index (χ0) is 17.2. The van der Waals surface area contributed by atoms with Crippen LogP contribution in [0.15, 0.2) is 36.5 Å². The van der Waals surface area contributed by atoms with Crippen molar-refractivity contribution >= 4 is 11.7 Å². The summed E-state index contributed by atoms with van der Waals surface area (Å²) >= 11 is 0. The van der Waals surface area contributed by atoms with Crippen molar-refractivity contribution in [3.63, 3.8) is 0 Å². The summed E-state index contributed by atoms with van der Waals surface area (Å²) in [6, 6.07) is 4.81. The summed E-state index contributed by atoms with van der Waals surface area (Å²) in [4.78, 5) is 24.0. The highest BCUT2D eigenvalue weighted by molar-refractivity contribution is 5.92. The van der Waals surface area contributed by atoms with Gasteiger partial charge in [0.05, 0.1) is 4.92 Å². The molecule has 0 unspecified atom stereocenters. The van der Waals surface area contributed by atoms with Gasteiger partial charge in [-0.3, -0.25) is 10.1 Å². The number of hydrogen-bond acceptors (Lipinski definition) is 5. The van der Waals surface area contributed by atoms with E-state index in [1.807, 2.05) is 0 Å². The Morgan fingerprint density at radius 3 is 2.57 bits per heavy atom. The van der Waals surface area contributed by atoms with Crippen molar-refractivity contribution in [2.75, 3.05) is 0 Å². The molecule has 0 amide bonds. The Labute approximate surface area is 126 Å². The van der Waals surface area contributed by atoms with Crippen molar-refractivity contribution in [3.8, 4) is 11.5 Å². The molecule has 0 aliphatic heterocycles. The summed E-state index contributed by atoms with van der Waals surface area (Å²) in [5.41, 5.74) is -2.70. The number of pyridine rings is 1. The van der Waals surface area contributed by atoms with Crippen LogP contribution in [0.1, 0.15) is 16.1 Å². The summed E-state index contributed by atoms with van der Waals surface area (Å²) in [6.45, 7) is 0. The number of carbonyl (C=O) groups is 1. The van der Waals surface area contributed by atoms with Gasteiger partial charge in [-0.2, -0.15) is 13.2 Å². The Morgan fingerprint density at radius 2 is 2.00 bits per heavy atom. The number of ether oxygens (including phenoxy) is 1. The number of aromatic carboxylic acids is 1. The lowest BCUT2D eigenvalue weighted by Gasteiger charge is -2.12. The predicted octanol–water partition coefficient (Wildman–Crippen LogP) is 3.50. The van der Waals surface area contributed by atoms with Crippen LogP contribution in [0.4, 0.5) is 18.9 Å². The van der Waals surface area contributed by atoms with Gasteiger partial charge in [-0.1, -0.05) is 0 Å². The number of rotatable bonds is 4. The van der Waals surface area contributed by atoms with E-state index in [0.717, 1.165) is 30.5 Å². The van der Waals surface area contributed by atoms with Gasteiger partial charge >= 0.3 is 12.1 Å². The number of benzene rings is 1. The third kappa shape index (κ3) is 3.54. The van der Waals surface area contributed by atoms with Gasteiger partial charge in [-0.05, 0) is 18.2 Å². The number of aromatic nitrogens is 1. The third-order valence-electron chi connectivity index (χ3n) is 2.66. The Hall–Kier alpha value is -3.17. The molecular formula is C13H7F3N2O5. The van der Waals surface area contributed by atoms with E-state index in [0.29, 0.717) is 0 Å². The summed E-state index contributed by atoms with van der Waals surface area (Å²) in [7, 11) is 0. The summed E-state index contributed by atoms with van der Waals surface area (Å²) < 4.78 is 43.4. The second-order valence-corrected chi connectivity index (χ2v) is 4.19. The summed E-state index contributed by atoms with van der Waals surface area (Å²) in [5, 5.41) is 19.7. The Balaban J connectivity index is 2.45. The largest absolute Gasteiger partial charge is 0.477 e. The topological polar surface area (TPSA) is 103 Å². The molecule has 0 atom stereocenters. The standard InChI is InChI=1S/C13H7F3N2O5/c14-13(15,16)11-10(2-1-5-17-11)23-7-3-4-9(18(21)22)8(6-7)12(19)20/h1-6H,(H,19,20). The number of alkyl halides is 3. The van der Waals surface area contributed by atoms with E-state index in [-0.39, 0.29) is 5.75 Å². The fourth-order valence-electron chi connectivity index (χ4n) is 1.72. The molecule has 23 heavy (non-hydrogen) atoms. The quantitative estimate of drug-likeness (QED) is 0.680. The van der Waals surface area contributed by atoms with Crippen LogP contribution in [-0.4, -0.2) is 21.0 Å². The zero-order valence-electron chi connectivity index (χ0n) is 11.1. The van der Waals surface area contributed by atoms with E-state index < -0.39 is 39.8 Å². The number of hydrogen-bond donors (Lipinski definition) is 1. The lowest BCUT2D eigenvalue weighted by Crippen LogP contribution is -2.09. The molecule has 120 valence electrons. The maximum absolute atomic E-state index is 12.8. The molecule has 0 aliphatic rings. The minimum atomic E-state index is -4.77. The monoisotopic (exact) mass is 328 g/mol. The van der Waals surface area contributed by atoms with Gasteiger partial charge < -0.3 is 9.84 Å². The van der Waals surface area contributed by atoms with E-state index in [1.165, 1.54) is 6.07 Å². The Kier molecular flexibility index (Phi) is 4.16. The second-order valence-electron chi connectivity index (χ2n) is 4.19. The molecule has 2 rings (SSSR count). The number of nitro groups is 1. The number of nitrogens with zero attached hydrogens (tertiary/aromatic N) is 2. The molecule has 0 fully saturated rings. The molecule has 0 bridgehead atoms. The van der Waals surface area contributed by atoms with E-state index in [2.05, 4.69) is 4.98 Å². The molecule has 0 aliphatic carbocycles. The first-order valence-corrected chi connectivity index (χ1v) is 5.92. The molecule has 2 aromatic rings. The molecule has 0 radical (unpaired) electrons. The van der Waals surface area contributed by atoms with Crippen LogP contribution in [0, 0.1) is 10.1 Å². The lowest BCUT2D eigenvalue weighted by molar-refractivity contribution is -0.385. The molecule has 0 saturated carbocycles. The van der Waals surface area contributed by atoms with Gasteiger partial charge in [0, 0.05) is 18.3 Å². The van der Waals surface area contributed by atoms with E-state index >= 15 is 0 Å². The second kappa shape index (κ2) is 5.91. The van der Waals surface area contributed by atoms with Crippen molar-refractivity contribution in [1.82, 2.24) is 4.98 Å². The molecule has 10 heteroatoms. The van der Waals surface area contributed by atoms with Crippen LogP contribution < -0.4 is 4.74 Å². The fourth-order valence-corrected chi connectivity index (χ4v) is 1.72. The van der Waals surface area contributed by atoms with Crippen LogP contribution in [0.25, 0.3) is 0 Å². The number of carboxylic acids is 1. The molecule has 7 nitrogen and oxygen atoms in total. The van der Waals surface area contributed by atoms with Crippen molar-refractivity contribution in [2.45, 2.75) is 6.18 Å². The normalized spacial score (nSPS) is 11.1.